The van der Waals surface area contributed by atoms with E-state index in [0.29, 0.717) is 24.2 Å². The van der Waals surface area contributed by atoms with Gasteiger partial charge in [0.1, 0.15) is 5.75 Å². The number of amides is 1. The van der Waals surface area contributed by atoms with Gasteiger partial charge in [0.15, 0.2) is 0 Å². The number of methoxy groups -OCH3 is 1. The van der Waals surface area contributed by atoms with Gasteiger partial charge < -0.3 is 10.1 Å². The number of nitrogens with one attached hydrogen (secondary N) is 2. The minimum atomic E-state index is -3.41. The van der Waals surface area contributed by atoms with Gasteiger partial charge in [-0.15, -0.1) is 0 Å². The topological polar surface area (TPSA) is 87.7 Å². The number of likely N-dealkylation sites (tertiary alicyclic amines) is 1. The van der Waals surface area contributed by atoms with Crippen LogP contribution in [-0.4, -0.2) is 51.7 Å². The van der Waals surface area contributed by atoms with Crippen LogP contribution in [0.4, 0.5) is 5.69 Å². The van der Waals surface area contributed by atoms with Crippen molar-refractivity contribution in [2.75, 3.05) is 37.2 Å². The molecule has 0 spiro atoms. The van der Waals surface area contributed by atoms with Crippen molar-refractivity contribution in [3.63, 3.8) is 0 Å². The Kier molecular flexibility index (Phi) is 8.53. The molecule has 1 saturated heterocycles. The first-order valence-electron chi connectivity index (χ1n) is 11.2. The number of rotatable bonds is 10. The fourth-order valence-corrected chi connectivity index (χ4v) is 5.15. The van der Waals surface area contributed by atoms with E-state index in [0.717, 1.165) is 37.2 Å². The van der Waals surface area contributed by atoms with Crippen molar-refractivity contribution >= 4 is 21.6 Å². The third-order valence-electron chi connectivity index (χ3n) is 5.66. The second-order valence-corrected chi connectivity index (χ2v) is 9.94. The van der Waals surface area contributed by atoms with Crippen LogP contribution in [0, 0.1) is 0 Å². The predicted molar refractivity (Wildman–Crippen MR) is 128 cm³/mol. The molecule has 7 nitrogen and oxygen atoms in total. The highest BCUT2D eigenvalue weighted by Gasteiger charge is 2.23. The Labute approximate surface area is 191 Å². The molecule has 0 aromatic heterocycles. The molecule has 2 aromatic rings. The summed E-state index contributed by atoms with van der Waals surface area (Å²) in [6, 6.07) is 14.7. The van der Waals surface area contributed by atoms with Gasteiger partial charge in [-0.05, 0) is 68.2 Å². The first-order chi connectivity index (χ1) is 15.4. The maximum absolute atomic E-state index is 12.9. The summed E-state index contributed by atoms with van der Waals surface area (Å²) in [5.74, 6) is 0.623. The highest BCUT2D eigenvalue weighted by molar-refractivity contribution is 7.92. The van der Waals surface area contributed by atoms with E-state index in [1.54, 1.807) is 31.4 Å². The fraction of sp³-hybridized carbons (Fsp3) is 0.458. The molecular formula is C24H33N3O4S. The van der Waals surface area contributed by atoms with E-state index in [-0.39, 0.29) is 17.7 Å². The van der Waals surface area contributed by atoms with Gasteiger partial charge in [0, 0.05) is 17.8 Å². The van der Waals surface area contributed by atoms with Crippen LogP contribution in [0.25, 0.3) is 0 Å². The van der Waals surface area contributed by atoms with Gasteiger partial charge in [-0.2, -0.15) is 0 Å². The summed E-state index contributed by atoms with van der Waals surface area (Å²) in [6.45, 7) is 4.28. The molecule has 0 aliphatic carbocycles. The lowest BCUT2D eigenvalue weighted by atomic mass is 10.0. The molecule has 2 N–H and O–H groups in total. The number of carbonyl (C=O) groups is 1. The number of sulfonamides is 1. The summed E-state index contributed by atoms with van der Waals surface area (Å²) in [5, 5.41) is 3.05. The average Bonchev–Trinajstić information content (AvgIpc) is 2.80. The van der Waals surface area contributed by atoms with Crippen molar-refractivity contribution in [2.45, 2.75) is 38.6 Å². The smallest absolute Gasteiger partial charge is 0.251 e. The van der Waals surface area contributed by atoms with Gasteiger partial charge in [-0.3, -0.25) is 14.4 Å². The number of piperidine rings is 1. The number of anilines is 1. The lowest BCUT2D eigenvalue weighted by Gasteiger charge is -2.35. The summed E-state index contributed by atoms with van der Waals surface area (Å²) in [4.78, 5) is 15.3. The molecule has 0 unspecified atom stereocenters. The number of hydrogen-bond donors (Lipinski definition) is 2. The van der Waals surface area contributed by atoms with Crippen LogP contribution in [0.1, 0.15) is 54.6 Å². The first kappa shape index (κ1) is 24.1. The first-order valence-corrected chi connectivity index (χ1v) is 12.8. The van der Waals surface area contributed by atoms with E-state index in [2.05, 4.69) is 14.9 Å². The monoisotopic (exact) mass is 459 g/mol. The van der Waals surface area contributed by atoms with Crippen LogP contribution in [0.15, 0.2) is 48.5 Å². The number of carbonyl (C=O) groups excluding carboxylic acids is 1. The average molecular weight is 460 g/mol. The van der Waals surface area contributed by atoms with Crippen LogP contribution in [-0.2, 0) is 10.0 Å². The molecule has 1 aliphatic rings. The van der Waals surface area contributed by atoms with Gasteiger partial charge in [0.25, 0.3) is 5.91 Å². The minimum Gasteiger partial charge on any atom is -0.497 e. The molecule has 1 amide bonds. The molecule has 0 bridgehead atoms. The van der Waals surface area contributed by atoms with Crippen molar-refractivity contribution in [3.05, 3.63) is 59.7 Å². The summed E-state index contributed by atoms with van der Waals surface area (Å²) < 4.78 is 31.9. The zero-order chi connectivity index (χ0) is 23.0. The Hall–Kier alpha value is -2.58. The Morgan fingerprint density at radius 2 is 1.81 bits per heavy atom. The zero-order valence-electron chi connectivity index (χ0n) is 18.8. The predicted octanol–water partition coefficient (Wildman–Crippen LogP) is 3.80. The molecule has 174 valence electrons. The molecule has 1 aliphatic heterocycles. The zero-order valence-corrected chi connectivity index (χ0v) is 19.7. The van der Waals surface area contributed by atoms with Gasteiger partial charge >= 0.3 is 0 Å². The Morgan fingerprint density at radius 1 is 1.09 bits per heavy atom. The van der Waals surface area contributed by atoms with Crippen molar-refractivity contribution in [3.8, 4) is 5.75 Å². The molecule has 2 aromatic carbocycles. The second kappa shape index (κ2) is 11.3. The maximum atomic E-state index is 12.9. The third-order valence-corrected chi connectivity index (χ3v) is 7.15. The van der Waals surface area contributed by atoms with E-state index < -0.39 is 10.0 Å². The molecule has 0 radical (unpaired) electrons. The Bertz CT molecular complexity index is 987. The van der Waals surface area contributed by atoms with Crippen LogP contribution < -0.4 is 14.8 Å². The normalized spacial score (nSPS) is 15.7. The second-order valence-electron chi connectivity index (χ2n) is 8.10. The fourth-order valence-electron chi connectivity index (χ4n) is 4.03. The molecule has 8 heteroatoms. The number of benzene rings is 2. The highest BCUT2D eigenvalue weighted by atomic mass is 32.2. The Morgan fingerprint density at radius 3 is 2.47 bits per heavy atom. The van der Waals surface area contributed by atoms with Gasteiger partial charge in [0.2, 0.25) is 10.0 Å². The van der Waals surface area contributed by atoms with Gasteiger partial charge in [-0.25, -0.2) is 8.42 Å². The van der Waals surface area contributed by atoms with E-state index >= 15 is 0 Å². The summed E-state index contributed by atoms with van der Waals surface area (Å²) in [5.41, 5.74) is 1.96. The van der Waals surface area contributed by atoms with Crippen molar-refractivity contribution < 1.29 is 17.9 Å². The molecule has 1 atom stereocenters. The number of hydrogen-bond acceptors (Lipinski definition) is 5. The minimum absolute atomic E-state index is 0.0444. The number of nitrogens with zero attached hydrogens (tertiary/aromatic N) is 1. The summed E-state index contributed by atoms with van der Waals surface area (Å²) >= 11 is 0. The van der Waals surface area contributed by atoms with E-state index in [9.17, 15) is 13.2 Å². The number of ether oxygens (including phenoxy) is 1. The van der Waals surface area contributed by atoms with Crippen LogP contribution in [0.2, 0.25) is 0 Å². The highest BCUT2D eigenvalue weighted by Crippen LogP contribution is 2.26. The van der Waals surface area contributed by atoms with E-state index in [1.807, 2.05) is 31.2 Å². The van der Waals surface area contributed by atoms with Crippen molar-refractivity contribution in [1.82, 2.24) is 10.2 Å². The lowest BCUT2D eigenvalue weighted by Crippen LogP contribution is -2.40. The molecule has 1 fully saturated rings. The van der Waals surface area contributed by atoms with Gasteiger partial charge in [-0.1, -0.05) is 31.5 Å². The van der Waals surface area contributed by atoms with Crippen molar-refractivity contribution in [2.24, 2.45) is 0 Å². The molecule has 1 heterocycles. The van der Waals surface area contributed by atoms with Crippen LogP contribution >= 0.6 is 0 Å². The SMILES string of the molecule is CCCS(=O)(=O)Nc1cccc(C(=O)NC[C@H](c2ccc(OC)cc2)N2CCCCC2)c1. The quantitative estimate of drug-likeness (QED) is 0.564. The van der Waals surface area contributed by atoms with E-state index in [4.69, 9.17) is 4.74 Å². The van der Waals surface area contributed by atoms with E-state index in [1.165, 1.54) is 6.42 Å². The largest absolute Gasteiger partial charge is 0.497 e. The van der Waals surface area contributed by atoms with Crippen LogP contribution in [0.3, 0.4) is 0 Å². The molecular weight excluding hydrogens is 426 g/mol. The summed E-state index contributed by atoms with van der Waals surface area (Å²) in [7, 11) is -1.76. The molecule has 0 saturated carbocycles. The maximum Gasteiger partial charge on any atom is 0.251 e. The van der Waals surface area contributed by atoms with Crippen LogP contribution in [0.5, 0.6) is 5.75 Å². The van der Waals surface area contributed by atoms with Crippen molar-refractivity contribution in [1.29, 1.82) is 0 Å². The van der Waals surface area contributed by atoms with Gasteiger partial charge in [0.05, 0.1) is 18.9 Å². The Balaban J connectivity index is 1.71. The molecule has 32 heavy (non-hydrogen) atoms. The summed E-state index contributed by atoms with van der Waals surface area (Å²) in [6.07, 6.45) is 4.07. The lowest BCUT2D eigenvalue weighted by molar-refractivity contribution is 0.0924. The molecule has 3 rings (SSSR count). The third kappa shape index (κ3) is 6.71. The standard InChI is InChI=1S/C24H33N3O4S/c1-3-16-32(29,30)26-21-9-7-8-20(17-21)24(28)25-18-23(27-14-5-4-6-15-27)19-10-12-22(31-2)13-11-19/h7-13,17,23,26H,3-6,14-16,18H2,1-2H3,(H,25,28)/t23-/m1/s1.